The van der Waals surface area contributed by atoms with Crippen molar-refractivity contribution in [2.45, 2.75) is 38.8 Å². The number of aromatic amines is 1. The van der Waals surface area contributed by atoms with E-state index in [9.17, 15) is 9.59 Å². The fourth-order valence-electron chi connectivity index (χ4n) is 3.12. The fraction of sp³-hybridized carbons (Fsp3) is 0.471. The highest BCUT2D eigenvalue weighted by Gasteiger charge is 2.20. The van der Waals surface area contributed by atoms with Crippen molar-refractivity contribution < 1.29 is 4.74 Å². The Morgan fingerprint density at radius 2 is 2.00 bits per heavy atom. The third-order valence-corrected chi connectivity index (χ3v) is 4.42. The zero-order valence-electron chi connectivity index (χ0n) is 13.9. The summed E-state index contributed by atoms with van der Waals surface area (Å²) in [5.74, 6) is 0.198. The van der Waals surface area contributed by atoms with Gasteiger partial charge in [-0.1, -0.05) is 24.3 Å². The van der Waals surface area contributed by atoms with Crippen LogP contribution < -0.4 is 16.7 Å². The van der Waals surface area contributed by atoms with Crippen LogP contribution in [-0.2, 0) is 4.74 Å². The van der Waals surface area contributed by atoms with Crippen LogP contribution in [0.1, 0.15) is 43.0 Å². The highest BCUT2D eigenvalue weighted by Crippen LogP contribution is 2.20. The van der Waals surface area contributed by atoms with Crippen molar-refractivity contribution in [3.8, 4) is 0 Å². The largest absolute Gasteiger partial charge is 0.381 e. The van der Waals surface area contributed by atoms with Crippen LogP contribution in [0.3, 0.4) is 0 Å². The SMILES string of the molecule is Cc1ccccc1C(C)Nc1nc(=O)n(C2CCOCC2)c(=O)[nH]1. The van der Waals surface area contributed by atoms with E-state index in [1.165, 1.54) is 4.57 Å². The molecule has 0 radical (unpaired) electrons. The summed E-state index contributed by atoms with van der Waals surface area (Å²) in [5.41, 5.74) is 1.27. The molecule has 1 aromatic heterocycles. The van der Waals surface area contributed by atoms with Crippen molar-refractivity contribution >= 4 is 5.95 Å². The molecule has 1 fully saturated rings. The van der Waals surface area contributed by atoms with E-state index in [1.807, 2.05) is 38.1 Å². The number of hydrogen-bond acceptors (Lipinski definition) is 5. The number of benzene rings is 1. The lowest BCUT2D eigenvalue weighted by atomic mass is 10.0. The monoisotopic (exact) mass is 330 g/mol. The van der Waals surface area contributed by atoms with Crippen LogP contribution in [0.5, 0.6) is 0 Å². The van der Waals surface area contributed by atoms with Gasteiger partial charge in [0, 0.05) is 19.3 Å². The molecule has 1 saturated heterocycles. The molecular weight excluding hydrogens is 308 g/mol. The molecule has 2 aromatic rings. The number of anilines is 1. The fourth-order valence-corrected chi connectivity index (χ4v) is 3.12. The van der Waals surface area contributed by atoms with Crippen LogP contribution in [0.4, 0.5) is 5.95 Å². The van der Waals surface area contributed by atoms with Gasteiger partial charge in [0.25, 0.3) is 0 Å². The highest BCUT2D eigenvalue weighted by molar-refractivity contribution is 5.35. The molecular formula is C17H22N4O3. The molecule has 0 bridgehead atoms. The first-order valence-electron chi connectivity index (χ1n) is 8.19. The maximum absolute atomic E-state index is 12.3. The van der Waals surface area contributed by atoms with E-state index < -0.39 is 11.4 Å². The molecule has 0 aliphatic carbocycles. The first-order valence-corrected chi connectivity index (χ1v) is 8.19. The highest BCUT2D eigenvalue weighted by atomic mass is 16.5. The summed E-state index contributed by atoms with van der Waals surface area (Å²) in [5, 5.41) is 3.11. The zero-order chi connectivity index (χ0) is 17.1. The average Bonchev–Trinajstić information content (AvgIpc) is 2.55. The number of aryl methyl sites for hydroxylation is 1. The van der Waals surface area contributed by atoms with E-state index in [0.717, 1.165) is 11.1 Å². The number of rotatable bonds is 4. The summed E-state index contributed by atoms with van der Waals surface area (Å²) < 4.78 is 6.48. The van der Waals surface area contributed by atoms with Gasteiger partial charge in [-0.2, -0.15) is 4.98 Å². The molecule has 7 heteroatoms. The average molecular weight is 330 g/mol. The van der Waals surface area contributed by atoms with Crippen molar-refractivity contribution in [1.29, 1.82) is 0 Å². The van der Waals surface area contributed by atoms with Gasteiger partial charge in [0.15, 0.2) is 0 Å². The van der Waals surface area contributed by atoms with Gasteiger partial charge in [0.1, 0.15) is 0 Å². The third kappa shape index (κ3) is 3.41. The third-order valence-electron chi connectivity index (χ3n) is 4.42. The normalized spacial score (nSPS) is 16.8. The molecule has 128 valence electrons. The molecule has 0 amide bonds. The lowest BCUT2D eigenvalue weighted by molar-refractivity contribution is 0.0670. The first kappa shape index (κ1) is 16.4. The Labute approximate surface area is 139 Å². The second-order valence-corrected chi connectivity index (χ2v) is 6.11. The summed E-state index contributed by atoms with van der Waals surface area (Å²) in [4.78, 5) is 31.3. The lowest BCUT2D eigenvalue weighted by Crippen LogP contribution is -2.42. The summed E-state index contributed by atoms with van der Waals surface area (Å²) in [6, 6.07) is 7.74. The van der Waals surface area contributed by atoms with E-state index in [-0.39, 0.29) is 18.0 Å². The molecule has 0 spiro atoms. The molecule has 1 aliphatic heterocycles. The minimum absolute atomic E-state index is 0.0762. The number of hydrogen-bond donors (Lipinski definition) is 2. The topological polar surface area (TPSA) is 89.0 Å². The molecule has 1 aliphatic rings. The minimum atomic E-state index is -0.523. The molecule has 3 rings (SSSR count). The van der Waals surface area contributed by atoms with Crippen LogP contribution in [0.2, 0.25) is 0 Å². The predicted octanol–water partition coefficient (Wildman–Crippen LogP) is 1.76. The summed E-state index contributed by atoms with van der Waals surface area (Å²) in [6.45, 7) is 5.10. The molecule has 2 heterocycles. The van der Waals surface area contributed by atoms with Gasteiger partial charge < -0.3 is 10.1 Å². The summed E-state index contributed by atoms with van der Waals surface area (Å²) in [6.07, 6.45) is 1.30. The van der Waals surface area contributed by atoms with Crippen LogP contribution >= 0.6 is 0 Å². The van der Waals surface area contributed by atoms with Crippen LogP contribution in [0.25, 0.3) is 0 Å². The smallest absolute Gasteiger partial charge is 0.355 e. The van der Waals surface area contributed by atoms with Gasteiger partial charge >= 0.3 is 11.4 Å². The molecule has 0 saturated carbocycles. The standard InChI is InChI=1S/C17H22N4O3/c1-11-5-3-4-6-14(11)12(2)18-15-19-16(22)21(17(23)20-15)13-7-9-24-10-8-13/h3-6,12-13H,7-10H2,1-2H3,(H2,18,19,20,22,23). The van der Waals surface area contributed by atoms with Crippen LogP contribution in [0, 0.1) is 6.92 Å². The number of nitrogens with one attached hydrogen (secondary N) is 2. The van der Waals surface area contributed by atoms with Crippen LogP contribution in [-0.4, -0.2) is 27.7 Å². The molecule has 1 unspecified atom stereocenters. The van der Waals surface area contributed by atoms with Gasteiger partial charge in [-0.25, -0.2) is 14.2 Å². The molecule has 1 atom stereocenters. The Morgan fingerprint density at radius 1 is 1.29 bits per heavy atom. The van der Waals surface area contributed by atoms with E-state index in [0.29, 0.717) is 26.1 Å². The second kappa shape index (κ2) is 7.00. The Morgan fingerprint density at radius 3 is 2.67 bits per heavy atom. The number of nitrogens with zero attached hydrogens (tertiary/aromatic N) is 2. The maximum Gasteiger partial charge on any atom is 0.355 e. The zero-order valence-corrected chi connectivity index (χ0v) is 13.9. The Kier molecular flexibility index (Phi) is 4.80. The van der Waals surface area contributed by atoms with Gasteiger partial charge in [-0.3, -0.25) is 4.98 Å². The molecule has 2 N–H and O–H groups in total. The second-order valence-electron chi connectivity index (χ2n) is 6.11. The summed E-state index contributed by atoms with van der Waals surface area (Å²) in [7, 11) is 0. The number of aromatic nitrogens is 3. The van der Waals surface area contributed by atoms with Gasteiger partial charge in [0.05, 0.1) is 6.04 Å². The van der Waals surface area contributed by atoms with Crippen molar-refractivity contribution in [1.82, 2.24) is 14.5 Å². The molecule has 7 nitrogen and oxygen atoms in total. The first-order chi connectivity index (χ1) is 11.6. The van der Waals surface area contributed by atoms with Gasteiger partial charge in [0.2, 0.25) is 5.95 Å². The number of ether oxygens (including phenoxy) is 1. The predicted molar refractivity (Wildman–Crippen MR) is 91.4 cm³/mol. The van der Waals surface area contributed by atoms with Gasteiger partial charge in [-0.15, -0.1) is 0 Å². The van der Waals surface area contributed by atoms with Crippen LogP contribution in [0.15, 0.2) is 33.9 Å². The Balaban J connectivity index is 1.84. The Bertz CT molecular complexity index is 790. The quantitative estimate of drug-likeness (QED) is 0.892. The van der Waals surface area contributed by atoms with Gasteiger partial charge in [-0.05, 0) is 37.8 Å². The molecule has 24 heavy (non-hydrogen) atoms. The lowest BCUT2D eigenvalue weighted by Gasteiger charge is -2.23. The van der Waals surface area contributed by atoms with Crippen molar-refractivity contribution in [3.05, 3.63) is 56.4 Å². The molecule has 1 aromatic carbocycles. The van der Waals surface area contributed by atoms with E-state index in [4.69, 9.17) is 4.74 Å². The van der Waals surface area contributed by atoms with Crippen molar-refractivity contribution in [2.24, 2.45) is 0 Å². The Hall–Kier alpha value is -2.41. The minimum Gasteiger partial charge on any atom is -0.381 e. The maximum atomic E-state index is 12.3. The van der Waals surface area contributed by atoms with Crippen molar-refractivity contribution in [3.63, 3.8) is 0 Å². The van der Waals surface area contributed by atoms with E-state index >= 15 is 0 Å². The van der Waals surface area contributed by atoms with Crippen molar-refractivity contribution in [2.75, 3.05) is 18.5 Å². The van der Waals surface area contributed by atoms with E-state index in [1.54, 1.807) is 0 Å². The number of H-pyrrole nitrogens is 1. The summed E-state index contributed by atoms with van der Waals surface area (Å²) >= 11 is 0. The van der Waals surface area contributed by atoms with E-state index in [2.05, 4.69) is 15.3 Å².